The van der Waals surface area contributed by atoms with Crippen LogP contribution in [0.1, 0.15) is 36.1 Å². The second-order valence-electron chi connectivity index (χ2n) is 8.93. The fourth-order valence-corrected chi connectivity index (χ4v) is 7.34. The van der Waals surface area contributed by atoms with Gasteiger partial charge in [-0.25, -0.2) is 14.2 Å². The number of esters is 1. The molecular formula is C30H23BrFIN2O4S. The van der Waals surface area contributed by atoms with E-state index in [1.165, 1.54) is 30.6 Å². The summed E-state index contributed by atoms with van der Waals surface area (Å²) in [5.41, 5.74) is 3.04. The molecule has 0 unspecified atom stereocenters. The zero-order valence-corrected chi connectivity index (χ0v) is 26.0. The highest BCUT2D eigenvalue weighted by molar-refractivity contribution is 14.1. The first-order valence-electron chi connectivity index (χ1n) is 12.3. The van der Waals surface area contributed by atoms with E-state index in [4.69, 9.17) is 14.5 Å². The first-order valence-corrected chi connectivity index (χ1v) is 15.0. The molecule has 2 heterocycles. The van der Waals surface area contributed by atoms with Crippen molar-refractivity contribution in [1.82, 2.24) is 4.57 Å². The summed E-state index contributed by atoms with van der Waals surface area (Å²) in [6, 6.07) is 18.8. The number of nitrogens with zero attached hydrogens (tertiary/aromatic N) is 2. The smallest absolute Gasteiger partial charge is 0.338 e. The predicted octanol–water partition coefficient (Wildman–Crippen LogP) is 5.88. The zero-order valence-electron chi connectivity index (χ0n) is 21.5. The Hall–Kier alpha value is -3.09. The number of thiazole rings is 1. The summed E-state index contributed by atoms with van der Waals surface area (Å²) in [5, 5.41) is 0. The third-order valence-corrected chi connectivity index (χ3v) is 8.73. The summed E-state index contributed by atoms with van der Waals surface area (Å²) < 4.78 is 28.2. The molecule has 0 N–H and O–H groups in total. The molecule has 1 atom stereocenters. The lowest BCUT2D eigenvalue weighted by atomic mass is 9.95. The molecule has 0 saturated carbocycles. The van der Waals surface area contributed by atoms with Gasteiger partial charge in [0.05, 0.1) is 37.0 Å². The van der Waals surface area contributed by atoms with Gasteiger partial charge in [0, 0.05) is 0 Å². The van der Waals surface area contributed by atoms with Crippen molar-refractivity contribution in [2.75, 3.05) is 7.11 Å². The van der Waals surface area contributed by atoms with Gasteiger partial charge in [0.2, 0.25) is 0 Å². The van der Waals surface area contributed by atoms with Crippen LogP contribution in [0.4, 0.5) is 4.39 Å². The standard InChI is InChI=1S/C30H23BrFIN2O4S/c1-3-23-25(29(37)38-2)26(19-9-5-4-6-10-19)35-28(36)24(40-30(35)34-23)15-18-13-21(31)27(22(33)14-18)39-16-17-8-7-11-20(32)12-17/h4-15,26H,3,16H2,1-2H3/b24-15-/t26-/m1/s1. The molecule has 5 rings (SSSR count). The molecule has 0 bridgehead atoms. The molecule has 0 aliphatic carbocycles. The summed E-state index contributed by atoms with van der Waals surface area (Å²) in [7, 11) is 1.33. The number of carbonyl (C=O) groups is 1. The second-order valence-corrected chi connectivity index (χ2v) is 12.0. The Morgan fingerprint density at radius 3 is 2.62 bits per heavy atom. The number of methoxy groups -OCH3 is 1. The van der Waals surface area contributed by atoms with Gasteiger partial charge in [-0.05, 0) is 92.0 Å². The molecule has 0 fully saturated rings. The first kappa shape index (κ1) is 28.4. The summed E-state index contributed by atoms with van der Waals surface area (Å²) in [4.78, 5) is 32.0. The Morgan fingerprint density at radius 2 is 1.95 bits per heavy atom. The van der Waals surface area contributed by atoms with E-state index in [2.05, 4.69) is 38.5 Å². The summed E-state index contributed by atoms with van der Waals surface area (Å²) in [5.74, 6) is -0.190. The number of rotatable bonds is 7. The molecule has 10 heteroatoms. The molecule has 4 aromatic rings. The Labute approximate surface area is 255 Å². The largest absolute Gasteiger partial charge is 0.487 e. The van der Waals surface area contributed by atoms with Gasteiger partial charge in [0.15, 0.2) is 4.80 Å². The maximum absolute atomic E-state index is 13.8. The number of benzene rings is 3. The number of allylic oxidation sites excluding steroid dienone is 1. The van der Waals surface area contributed by atoms with Gasteiger partial charge < -0.3 is 9.47 Å². The van der Waals surface area contributed by atoms with E-state index in [1.807, 2.05) is 55.5 Å². The average molecular weight is 733 g/mol. The van der Waals surface area contributed by atoms with Crippen LogP contribution in [0.5, 0.6) is 5.75 Å². The number of aromatic nitrogens is 1. The SMILES string of the molecule is CCC1=C(C(=O)OC)[C@@H](c2ccccc2)n2c(s/c(=C\c3cc(Br)c(OCc4cccc(F)c4)c(I)c3)c2=O)=N1. The van der Waals surface area contributed by atoms with Gasteiger partial charge in [-0.3, -0.25) is 9.36 Å². The van der Waals surface area contributed by atoms with Crippen LogP contribution >= 0.6 is 49.9 Å². The van der Waals surface area contributed by atoms with Crippen LogP contribution in [0, 0.1) is 9.39 Å². The van der Waals surface area contributed by atoms with Gasteiger partial charge in [0.25, 0.3) is 5.56 Å². The van der Waals surface area contributed by atoms with Crippen LogP contribution in [-0.2, 0) is 16.1 Å². The molecule has 0 saturated heterocycles. The third-order valence-electron chi connectivity index (χ3n) is 6.36. The molecule has 6 nitrogen and oxygen atoms in total. The minimum atomic E-state index is -0.646. The Balaban J connectivity index is 1.57. The summed E-state index contributed by atoms with van der Waals surface area (Å²) in [6.45, 7) is 2.14. The number of fused-ring (bicyclic) bond motifs is 1. The number of ether oxygens (including phenoxy) is 2. The second kappa shape index (κ2) is 12.2. The van der Waals surface area contributed by atoms with Crippen molar-refractivity contribution in [3.05, 3.63) is 128 Å². The molecule has 1 aromatic heterocycles. The van der Waals surface area contributed by atoms with Crippen molar-refractivity contribution in [3.8, 4) is 5.75 Å². The Kier molecular flexibility index (Phi) is 8.67. The van der Waals surface area contributed by atoms with Crippen LogP contribution in [0.15, 0.2) is 92.3 Å². The van der Waals surface area contributed by atoms with Crippen LogP contribution in [0.3, 0.4) is 0 Å². The summed E-state index contributed by atoms with van der Waals surface area (Å²) >= 11 is 7.04. The molecule has 0 amide bonds. The van der Waals surface area contributed by atoms with Gasteiger partial charge in [0.1, 0.15) is 18.2 Å². The fourth-order valence-electron chi connectivity index (χ4n) is 4.55. The molecule has 0 radical (unpaired) electrons. The molecule has 1 aliphatic rings. The molecule has 3 aromatic carbocycles. The first-order chi connectivity index (χ1) is 19.3. The molecule has 0 spiro atoms. The van der Waals surface area contributed by atoms with Crippen molar-refractivity contribution in [2.24, 2.45) is 4.99 Å². The van der Waals surface area contributed by atoms with Crippen LogP contribution in [0.25, 0.3) is 6.08 Å². The van der Waals surface area contributed by atoms with Crippen molar-refractivity contribution < 1.29 is 18.7 Å². The Bertz CT molecular complexity index is 1790. The highest BCUT2D eigenvalue weighted by atomic mass is 127. The monoisotopic (exact) mass is 732 g/mol. The van der Waals surface area contributed by atoms with Crippen molar-refractivity contribution >= 4 is 61.9 Å². The van der Waals surface area contributed by atoms with Gasteiger partial charge in [-0.1, -0.05) is 60.7 Å². The highest BCUT2D eigenvalue weighted by Crippen LogP contribution is 2.34. The molecule has 204 valence electrons. The normalized spacial score (nSPS) is 15.0. The number of carbonyl (C=O) groups excluding carboxylic acids is 1. The maximum atomic E-state index is 13.8. The lowest BCUT2D eigenvalue weighted by Crippen LogP contribution is -2.40. The van der Waals surface area contributed by atoms with E-state index in [-0.39, 0.29) is 18.0 Å². The van der Waals surface area contributed by atoms with Crippen molar-refractivity contribution in [3.63, 3.8) is 0 Å². The third kappa shape index (κ3) is 5.70. The topological polar surface area (TPSA) is 69.9 Å². The van der Waals surface area contributed by atoms with Crippen molar-refractivity contribution in [1.29, 1.82) is 0 Å². The van der Waals surface area contributed by atoms with E-state index in [9.17, 15) is 14.0 Å². The molecule has 40 heavy (non-hydrogen) atoms. The quantitative estimate of drug-likeness (QED) is 0.176. The van der Waals surface area contributed by atoms with Crippen LogP contribution in [-0.4, -0.2) is 17.6 Å². The van der Waals surface area contributed by atoms with E-state index in [1.54, 1.807) is 16.7 Å². The van der Waals surface area contributed by atoms with E-state index in [0.717, 1.165) is 20.3 Å². The lowest BCUT2D eigenvalue weighted by Gasteiger charge is -2.25. The molecule has 1 aliphatic heterocycles. The Morgan fingerprint density at radius 1 is 1.18 bits per heavy atom. The summed E-state index contributed by atoms with van der Waals surface area (Å²) in [6.07, 6.45) is 2.32. The minimum Gasteiger partial charge on any atom is -0.487 e. The van der Waals surface area contributed by atoms with E-state index >= 15 is 0 Å². The van der Waals surface area contributed by atoms with Gasteiger partial charge >= 0.3 is 5.97 Å². The molecular weight excluding hydrogens is 710 g/mol. The van der Waals surface area contributed by atoms with Crippen molar-refractivity contribution in [2.45, 2.75) is 26.0 Å². The van der Waals surface area contributed by atoms with E-state index in [0.29, 0.717) is 37.2 Å². The van der Waals surface area contributed by atoms with E-state index < -0.39 is 12.0 Å². The van der Waals surface area contributed by atoms with Gasteiger partial charge in [-0.15, -0.1) is 0 Å². The zero-order chi connectivity index (χ0) is 28.4. The van der Waals surface area contributed by atoms with Crippen LogP contribution in [0.2, 0.25) is 0 Å². The predicted molar refractivity (Wildman–Crippen MR) is 164 cm³/mol. The van der Waals surface area contributed by atoms with Crippen LogP contribution < -0.4 is 19.6 Å². The minimum absolute atomic E-state index is 0.214. The number of hydrogen-bond acceptors (Lipinski definition) is 6. The lowest BCUT2D eigenvalue weighted by molar-refractivity contribution is -0.136. The maximum Gasteiger partial charge on any atom is 0.338 e. The van der Waals surface area contributed by atoms with Gasteiger partial charge in [-0.2, -0.15) is 0 Å². The number of hydrogen-bond donors (Lipinski definition) is 0. The number of halogens is 3. The highest BCUT2D eigenvalue weighted by Gasteiger charge is 2.33. The average Bonchev–Trinajstić information content (AvgIpc) is 3.25. The fraction of sp³-hybridized carbons (Fsp3) is 0.167.